The molecule has 4 aliphatic heterocycles. The van der Waals surface area contributed by atoms with E-state index in [1.807, 2.05) is 18.7 Å². The van der Waals surface area contributed by atoms with Gasteiger partial charge in [-0.25, -0.2) is 24.7 Å². The number of aliphatic imine (C=N–C) groups is 2. The lowest BCUT2D eigenvalue weighted by Crippen LogP contribution is -2.68. The largest absolute Gasteiger partial charge is 0.423 e. The summed E-state index contributed by atoms with van der Waals surface area (Å²) in [5.41, 5.74) is 4.51. The van der Waals surface area contributed by atoms with Gasteiger partial charge in [-0.1, -0.05) is 13.8 Å². The van der Waals surface area contributed by atoms with E-state index < -0.39 is 46.6 Å². The second-order valence-corrected chi connectivity index (χ2v) is 16.2. The molecule has 0 bridgehead atoms. The van der Waals surface area contributed by atoms with Gasteiger partial charge in [0.1, 0.15) is 11.4 Å². The van der Waals surface area contributed by atoms with E-state index in [2.05, 4.69) is 42.8 Å². The maximum absolute atomic E-state index is 13.8. The van der Waals surface area contributed by atoms with Crippen molar-refractivity contribution >= 4 is 42.0 Å². The van der Waals surface area contributed by atoms with E-state index >= 15 is 0 Å². The molecule has 1 spiro atoms. The highest BCUT2D eigenvalue weighted by atomic mass is 16.6. The summed E-state index contributed by atoms with van der Waals surface area (Å²) in [6.45, 7) is 10.3. The third-order valence-electron chi connectivity index (χ3n) is 12.9. The number of cyclic esters (lactones) is 1. The minimum Gasteiger partial charge on any atom is -0.423 e. The number of hydrogen-bond acceptors (Lipinski definition) is 15. The minimum absolute atomic E-state index is 0.0298. The average molecular weight is 764 g/mol. The lowest BCUT2D eigenvalue weighted by Gasteiger charge is -2.63. The standard InChI is InChI=1S/C38H53N9O8/c1-21(31(50)46-35-40-7-8-41-35)44-26(25-14-24(55-33(25)52)13-23-17-42-34(39)43-18-23)15-28-36(3)6-5-30(49)37(4,19-48)27(36)16-29(38(28)20-54-38)45-22(2)32(51)47-9-11-53-12-10-47/h7,13-14,17-18,21-22,26-30,44-45,48-49H,5-6,8-12,15-16,19-20H2,1-4H3,(H2,39,42,43)(H,41,46,50)/b24-13+/t21?,22?,26?,27?,28?,29?,30-,36+,37+,38?/m1/s1. The summed E-state index contributed by atoms with van der Waals surface area (Å²) in [5.74, 6) is -0.817. The van der Waals surface area contributed by atoms with E-state index in [1.165, 1.54) is 12.4 Å². The summed E-state index contributed by atoms with van der Waals surface area (Å²) in [7, 11) is 0. The van der Waals surface area contributed by atoms with Crippen LogP contribution in [0.25, 0.3) is 6.08 Å². The minimum atomic E-state index is -0.847. The summed E-state index contributed by atoms with van der Waals surface area (Å²) in [6.07, 6.45) is 9.23. The molecule has 10 atom stereocenters. The zero-order chi connectivity index (χ0) is 39.1. The monoisotopic (exact) mass is 763 g/mol. The number of aliphatic hydroxyl groups is 2. The second-order valence-electron chi connectivity index (χ2n) is 16.2. The molecular weight excluding hydrogens is 710 g/mol. The fraction of sp³-hybridized carbons (Fsp3) is 0.658. The molecule has 1 aromatic heterocycles. The quantitative estimate of drug-likeness (QED) is 0.128. The van der Waals surface area contributed by atoms with Gasteiger partial charge in [0.25, 0.3) is 0 Å². The Bertz CT molecular complexity index is 1770. The molecular formula is C38H53N9O8. The molecule has 2 aliphatic carbocycles. The topological polar surface area (TPSA) is 239 Å². The van der Waals surface area contributed by atoms with Gasteiger partial charge in [-0.3, -0.25) is 20.2 Å². The Morgan fingerprint density at radius 1 is 1.16 bits per heavy atom. The Balaban J connectivity index is 1.24. The number of esters is 1. The van der Waals surface area contributed by atoms with Crippen LogP contribution in [-0.4, -0.2) is 137 Å². The van der Waals surface area contributed by atoms with Crippen LogP contribution in [0.1, 0.15) is 58.9 Å². The summed E-state index contributed by atoms with van der Waals surface area (Å²) < 4.78 is 17.8. The third kappa shape index (κ3) is 7.57. The number of allylic oxidation sites excluding steroid dienone is 1. The summed E-state index contributed by atoms with van der Waals surface area (Å²) in [6, 6.07) is -2.37. The highest BCUT2D eigenvalue weighted by Gasteiger charge is 2.71. The first-order valence-electron chi connectivity index (χ1n) is 19.2. The number of nitrogens with zero attached hydrogens (tertiary/aromatic N) is 5. The van der Waals surface area contributed by atoms with Gasteiger partial charge < -0.3 is 40.4 Å². The lowest BCUT2D eigenvalue weighted by molar-refractivity contribution is -0.185. The van der Waals surface area contributed by atoms with Crippen molar-refractivity contribution in [2.45, 2.75) is 89.3 Å². The van der Waals surface area contributed by atoms with Crippen LogP contribution in [0.5, 0.6) is 0 Å². The van der Waals surface area contributed by atoms with Crippen molar-refractivity contribution in [3.63, 3.8) is 0 Å². The van der Waals surface area contributed by atoms with Gasteiger partial charge in [-0.15, -0.1) is 0 Å². The van der Waals surface area contributed by atoms with E-state index in [9.17, 15) is 24.6 Å². The van der Waals surface area contributed by atoms with Gasteiger partial charge in [-0.2, -0.15) is 0 Å². The summed E-state index contributed by atoms with van der Waals surface area (Å²) >= 11 is 0. The second kappa shape index (κ2) is 15.4. The highest BCUT2D eigenvalue weighted by Crippen LogP contribution is 2.66. The molecule has 17 heteroatoms. The number of epoxide rings is 1. The van der Waals surface area contributed by atoms with Gasteiger partial charge in [0.05, 0.1) is 56.7 Å². The van der Waals surface area contributed by atoms with Gasteiger partial charge in [-0.05, 0) is 68.9 Å². The fourth-order valence-corrected chi connectivity index (χ4v) is 9.73. The van der Waals surface area contributed by atoms with Gasteiger partial charge in [0, 0.05) is 54.8 Å². The number of rotatable bonds is 11. The van der Waals surface area contributed by atoms with Gasteiger partial charge in [0.15, 0.2) is 0 Å². The molecule has 7 N–H and O–H groups in total. The van der Waals surface area contributed by atoms with Crippen molar-refractivity contribution in [1.82, 2.24) is 30.8 Å². The molecule has 0 radical (unpaired) electrons. The van der Waals surface area contributed by atoms with Gasteiger partial charge >= 0.3 is 5.97 Å². The number of aromatic nitrogens is 2. The molecule has 1 aromatic rings. The number of carbonyl (C=O) groups excluding carboxylic acids is 3. The molecule has 7 rings (SSSR count). The Kier molecular flexibility index (Phi) is 11.0. The number of aliphatic hydroxyl groups excluding tert-OH is 2. The van der Waals surface area contributed by atoms with E-state index in [1.54, 1.807) is 25.3 Å². The average Bonchev–Trinajstić information content (AvgIpc) is 3.63. The predicted octanol–water partition coefficient (Wildman–Crippen LogP) is -0.0535. The van der Waals surface area contributed by atoms with Crippen LogP contribution in [0.4, 0.5) is 5.95 Å². The molecule has 2 amide bonds. The van der Waals surface area contributed by atoms with Crippen LogP contribution < -0.4 is 21.7 Å². The van der Waals surface area contributed by atoms with Crippen LogP contribution >= 0.6 is 0 Å². The number of carbonyl (C=O) groups is 3. The zero-order valence-electron chi connectivity index (χ0n) is 31.9. The van der Waals surface area contributed by atoms with Gasteiger partial charge in [0.2, 0.25) is 23.7 Å². The fourth-order valence-electron chi connectivity index (χ4n) is 9.73. The molecule has 0 aromatic carbocycles. The Labute approximate surface area is 320 Å². The number of ether oxygens (including phenoxy) is 3. The number of fused-ring (bicyclic) bond motifs is 1. The van der Waals surface area contributed by atoms with Crippen molar-refractivity contribution in [2.24, 2.45) is 32.7 Å². The lowest BCUT2D eigenvalue weighted by atomic mass is 9.43. The molecule has 7 unspecified atom stereocenters. The van der Waals surface area contributed by atoms with E-state index in [0.717, 1.165) is 0 Å². The van der Waals surface area contributed by atoms with Crippen LogP contribution in [0.15, 0.2) is 39.8 Å². The number of morpholine rings is 1. The molecule has 55 heavy (non-hydrogen) atoms. The van der Waals surface area contributed by atoms with Crippen molar-refractivity contribution < 1.29 is 38.8 Å². The first kappa shape index (κ1) is 39.1. The maximum Gasteiger partial charge on any atom is 0.341 e. The van der Waals surface area contributed by atoms with Crippen molar-refractivity contribution in [3.05, 3.63) is 35.4 Å². The van der Waals surface area contributed by atoms with E-state index in [4.69, 9.17) is 19.9 Å². The third-order valence-corrected chi connectivity index (χ3v) is 12.9. The van der Waals surface area contributed by atoms with E-state index in [-0.39, 0.29) is 54.0 Å². The van der Waals surface area contributed by atoms with Crippen LogP contribution in [0, 0.1) is 22.7 Å². The number of nitrogens with one attached hydrogen (secondary N) is 3. The smallest absolute Gasteiger partial charge is 0.341 e. The number of guanidine groups is 1. The first-order chi connectivity index (χ1) is 26.3. The zero-order valence-corrected chi connectivity index (χ0v) is 31.9. The normalized spacial score (nSPS) is 35.1. The molecule has 298 valence electrons. The molecule has 4 fully saturated rings. The predicted molar refractivity (Wildman–Crippen MR) is 201 cm³/mol. The van der Waals surface area contributed by atoms with Crippen molar-refractivity contribution in [2.75, 3.05) is 51.8 Å². The van der Waals surface area contributed by atoms with Crippen LogP contribution in [-0.2, 0) is 28.6 Å². The Morgan fingerprint density at radius 3 is 2.55 bits per heavy atom. The number of nitrogen functional groups attached to an aromatic ring is 1. The summed E-state index contributed by atoms with van der Waals surface area (Å²) in [5, 5.41) is 32.2. The molecule has 6 aliphatic rings. The first-order valence-corrected chi connectivity index (χ1v) is 19.2. The number of amides is 2. The molecule has 5 heterocycles. The molecule has 17 nitrogen and oxygen atoms in total. The van der Waals surface area contributed by atoms with E-state index in [0.29, 0.717) is 76.3 Å². The number of nitrogens with two attached hydrogens (primary N) is 1. The van der Waals surface area contributed by atoms with Crippen LogP contribution in [0.2, 0.25) is 0 Å². The Morgan fingerprint density at radius 2 is 1.89 bits per heavy atom. The van der Waals surface area contributed by atoms with Crippen molar-refractivity contribution in [1.29, 1.82) is 0 Å². The number of hydrogen-bond donors (Lipinski definition) is 6. The summed E-state index contributed by atoms with van der Waals surface area (Å²) in [4.78, 5) is 59.1. The SMILES string of the molecule is CC(NC(CC1C2(CO2)C(NC(C)C(=O)N2CCOCC2)CC2[C@]1(C)CC[C@@H](O)[C@@]2(C)CO)C1=C/C(=C\c2cnc(N)nc2)OC1=O)C(=O)NC1=NCC=N1. The number of anilines is 1. The van der Waals surface area contributed by atoms with Crippen LogP contribution in [0.3, 0.4) is 0 Å². The highest BCUT2D eigenvalue weighted by molar-refractivity contribution is 6.04. The van der Waals surface area contributed by atoms with Crippen molar-refractivity contribution in [3.8, 4) is 0 Å². The molecule has 2 saturated carbocycles. The Hall–Kier alpha value is -4.13. The molecule has 2 saturated heterocycles. The maximum atomic E-state index is 13.8.